The number of benzene rings is 4. The second kappa shape index (κ2) is 11.6. The summed E-state index contributed by atoms with van der Waals surface area (Å²) in [4.78, 5) is 34.1. The molecule has 1 fully saturated rings. The van der Waals surface area contributed by atoms with Crippen LogP contribution in [0.15, 0.2) is 107 Å². The van der Waals surface area contributed by atoms with Gasteiger partial charge in [0.1, 0.15) is 11.6 Å². The van der Waals surface area contributed by atoms with E-state index >= 15 is 0 Å². The van der Waals surface area contributed by atoms with E-state index in [4.69, 9.17) is 0 Å². The molecule has 0 bridgehead atoms. The molecule has 206 valence electrons. The zero-order chi connectivity index (χ0) is 28.3. The van der Waals surface area contributed by atoms with Crippen molar-refractivity contribution >= 4 is 41.0 Å². The van der Waals surface area contributed by atoms with E-state index in [-0.39, 0.29) is 30.0 Å². The molecule has 2 amide bonds. The van der Waals surface area contributed by atoms with Crippen LogP contribution in [0.1, 0.15) is 21.5 Å². The van der Waals surface area contributed by atoms with E-state index in [9.17, 15) is 18.4 Å². The number of hydrogen-bond donors (Lipinski definition) is 0. The van der Waals surface area contributed by atoms with E-state index in [2.05, 4.69) is 0 Å². The third-order valence-corrected chi connectivity index (χ3v) is 8.36. The molecule has 1 saturated heterocycles. The maximum absolute atomic E-state index is 14.3. The average molecular weight is 568 g/mol. The first-order chi connectivity index (χ1) is 20.0. The van der Waals surface area contributed by atoms with Crippen LogP contribution in [0, 0.1) is 11.6 Å². The molecule has 2 heterocycles. The summed E-state index contributed by atoms with van der Waals surface area (Å²) in [6, 6.07) is 27.8. The molecular formula is C33H27F2N3O2S. The summed E-state index contributed by atoms with van der Waals surface area (Å²) in [6.07, 6.45) is 1.86. The predicted molar refractivity (Wildman–Crippen MR) is 159 cm³/mol. The smallest absolute Gasteiger partial charge is 0.265 e. The van der Waals surface area contributed by atoms with Gasteiger partial charge < -0.3 is 14.7 Å². The first-order valence-corrected chi connectivity index (χ1v) is 14.2. The summed E-state index contributed by atoms with van der Waals surface area (Å²) >= 11 is 1.37. The number of thioether (sulfide) groups is 1. The van der Waals surface area contributed by atoms with Gasteiger partial charge in [-0.2, -0.15) is 0 Å². The number of para-hydroxylation sites is 1. The molecule has 0 N–H and O–H groups in total. The molecule has 0 aromatic heterocycles. The fourth-order valence-corrected chi connectivity index (χ4v) is 6.15. The van der Waals surface area contributed by atoms with Crippen molar-refractivity contribution in [1.29, 1.82) is 0 Å². The van der Waals surface area contributed by atoms with Gasteiger partial charge in [0.15, 0.2) is 0 Å². The second-order valence-electron chi connectivity index (χ2n) is 9.95. The van der Waals surface area contributed by atoms with Crippen LogP contribution in [0.4, 0.5) is 20.2 Å². The molecular weight excluding hydrogens is 540 g/mol. The van der Waals surface area contributed by atoms with Crippen LogP contribution in [0.2, 0.25) is 0 Å². The highest BCUT2D eigenvalue weighted by atomic mass is 32.2. The number of carbonyl (C=O) groups excluding carboxylic acids is 2. The van der Waals surface area contributed by atoms with Crippen molar-refractivity contribution in [2.75, 3.05) is 36.0 Å². The van der Waals surface area contributed by atoms with Crippen molar-refractivity contribution < 1.29 is 18.4 Å². The molecule has 0 saturated carbocycles. The van der Waals surface area contributed by atoms with Gasteiger partial charge in [0.2, 0.25) is 0 Å². The van der Waals surface area contributed by atoms with Gasteiger partial charge in [-0.1, -0.05) is 66.4 Å². The molecule has 8 heteroatoms. The van der Waals surface area contributed by atoms with Crippen molar-refractivity contribution in [2.24, 2.45) is 0 Å². The van der Waals surface area contributed by atoms with E-state index in [0.29, 0.717) is 48.0 Å². The summed E-state index contributed by atoms with van der Waals surface area (Å²) in [6.45, 7) is 2.20. The van der Waals surface area contributed by atoms with E-state index in [0.717, 1.165) is 16.0 Å². The molecule has 2 aliphatic heterocycles. The minimum atomic E-state index is -0.345. The van der Waals surface area contributed by atoms with Crippen LogP contribution >= 0.6 is 11.8 Å². The van der Waals surface area contributed by atoms with Crippen LogP contribution in [0.5, 0.6) is 0 Å². The number of hydrogen-bond acceptors (Lipinski definition) is 4. The number of amides is 2. The van der Waals surface area contributed by atoms with Gasteiger partial charge in [-0.15, -0.1) is 0 Å². The lowest BCUT2D eigenvalue weighted by Gasteiger charge is -2.36. The Balaban J connectivity index is 1.27. The molecule has 4 aromatic rings. The van der Waals surface area contributed by atoms with Crippen LogP contribution in [-0.4, -0.2) is 42.9 Å². The number of carbonyl (C=O) groups is 2. The van der Waals surface area contributed by atoms with Crippen molar-refractivity contribution in [1.82, 2.24) is 4.90 Å². The normalized spacial score (nSPS) is 16.2. The van der Waals surface area contributed by atoms with Crippen LogP contribution < -0.4 is 9.80 Å². The van der Waals surface area contributed by atoms with Gasteiger partial charge in [-0.05, 0) is 59.7 Å². The summed E-state index contributed by atoms with van der Waals surface area (Å²) in [5, 5.41) is 0. The number of rotatable bonds is 5. The quantitative estimate of drug-likeness (QED) is 0.255. The zero-order valence-corrected chi connectivity index (χ0v) is 23.0. The first-order valence-electron chi connectivity index (χ1n) is 13.4. The monoisotopic (exact) mass is 567 g/mol. The summed E-state index contributed by atoms with van der Waals surface area (Å²) in [5.74, 6) is -0.932. The van der Waals surface area contributed by atoms with Crippen molar-refractivity contribution in [3.05, 3.63) is 130 Å². The number of anilines is 2. The molecule has 5 nitrogen and oxygen atoms in total. The maximum atomic E-state index is 14.3. The molecule has 0 unspecified atom stereocenters. The Morgan fingerprint density at radius 1 is 0.805 bits per heavy atom. The standard InChI is InChI=1S/C33H27F2N3O2S/c34-26-13-10-24(11-14-26)22-38-29-21-25(12-15-30(29)41-31(33(38)40)20-23-6-2-1-3-7-23)32(39)37-18-16-36(17-19-37)28-9-5-4-8-27(28)35/h1-15,20-21H,16-19,22H2/b31-20-. The van der Waals surface area contributed by atoms with E-state index < -0.39 is 0 Å². The highest BCUT2D eigenvalue weighted by Crippen LogP contribution is 2.43. The van der Waals surface area contributed by atoms with Crippen LogP contribution in [-0.2, 0) is 11.3 Å². The fraction of sp³-hybridized carbons (Fsp3) is 0.152. The number of halogens is 2. The van der Waals surface area contributed by atoms with Gasteiger partial charge in [0, 0.05) is 36.6 Å². The largest absolute Gasteiger partial charge is 0.366 e. The molecule has 6 rings (SSSR count). The Labute approximate surface area is 241 Å². The Hall–Kier alpha value is -4.43. The van der Waals surface area contributed by atoms with Crippen LogP contribution in [0.3, 0.4) is 0 Å². The number of fused-ring (bicyclic) bond motifs is 1. The van der Waals surface area contributed by atoms with Gasteiger partial charge in [-0.25, -0.2) is 8.78 Å². The lowest BCUT2D eigenvalue weighted by Crippen LogP contribution is -2.49. The van der Waals surface area contributed by atoms with E-state index in [1.165, 1.54) is 30.0 Å². The van der Waals surface area contributed by atoms with Gasteiger partial charge in [0.25, 0.3) is 11.8 Å². The second-order valence-corrected chi connectivity index (χ2v) is 11.0. The molecule has 4 aromatic carbocycles. The Morgan fingerprint density at radius 3 is 2.24 bits per heavy atom. The van der Waals surface area contributed by atoms with Gasteiger partial charge >= 0.3 is 0 Å². The lowest BCUT2D eigenvalue weighted by atomic mass is 10.1. The minimum Gasteiger partial charge on any atom is -0.366 e. The van der Waals surface area contributed by atoms with Crippen molar-refractivity contribution in [3.8, 4) is 0 Å². The Kier molecular flexibility index (Phi) is 7.57. The predicted octanol–water partition coefficient (Wildman–Crippen LogP) is 6.61. The molecule has 0 atom stereocenters. The number of piperazine rings is 1. The van der Waals surface area contributed by atoms with Crippen molar-refractivity contribution in [3.63, 3.8) is 0 Å². The molecule has 2 aliphatic rings. The topological polar surface area (TPSA) is 43.9 Å². The van der Waals surface area contributed by atoms with E-state index in [1.54, 1.807) is 52.3 Å². The SMILES string of the molecule is O=C(c1ccc2c(c1)N(Cc1ccc(F)cc1)C(=O)/C(=C/c1ccccc1)S2)N1CCN(c2ccccc2F)CC1. The molecule has 0 aliphatic carbocycles. The average Bonchev–Trinajstić information content (AvgIpc) is 3.00. The highest BCUT2D eigenvalue weighted by molar-refractivity contribution is 8.04. The first kappa shape index (κ1) is 26.8. The zero-order valence-electron chi connectivity index (χ0n) is 22.2. The number of nitrogens with zero attached hydrogens (tertiary/aromatic N) is 3. The minimum absolute atomic E-state index is 0.134. The third-order valence-electron chi connectivity index (χ3n) is 7.28. The van der Waals surface area contributed by atoms with Crippen molar-refractivity contribution in [2.45, 2.75) is 11.4 Å². The summed E-state index contributed by atoms with van der Waals surface area (Å²) < 4.78 is 27.9. The molecule has 0 radical (unpaired) electrons. The summed E-state index contributed by atoms with van der Waals surface area (Å²) in [7, 11) is 0. The van der Waals surface area contributed by atoms with Crippen LogP contribution in [0.25, 0.3) is 6.08 Å². The fourth-order valence-electron chi connectivity index (χ4n) is 5.11. The van der Waals surface area contributed by atoms with Gasteiger partial charge in [0.05, 0.1) is 22.8 Å². The maximum Gasteiger partial charge on any atom is 0.265 e. The highest BCUT2D eigenvalue weighted by Gasteiger charge is 2.31. The Bertz CT molecular complexity index is 1620. The molecule has 41 heavy (non-hydrogen) atoms. The molecule has 0 spiro atoms. The third kappa shape index (κ3) is 5.74. The summed E-state index contributed by atoms with van der Waals surface area (Å²) in [5.41, 5.74) is 3.36. The Morgan fingerprint density at radius 2 is 1.51 bits per heavy atom. The lowest BCUT2D eigenvalue weighted by molar-refractivity contribution is -0.114. The van der Waals surface area contributed by atoms with E-state index in [1.807, 2.05) is 47.4 Å². The van der Waals surface area contributed by atoms with Gasteiger partial charge in [-0.3, -0.25) is 9.59 Å².